The van der Waals surface area contributed by atoms with Crippen molar-refractivity contribution in [2.45, 2.75) is 25.6 Å². The van der Waals surface area contributed by atoms with E-state index in [0.717, 1.165) is 6.07 Å². The van der Waals surface area contributed by atoms with Gasteiger partial charge in [-0.05, 0) is 13.0 Å². The SMILES string of the molecule is C[C@@H](N)Cc1cc(C(F)(F)F)n[nH]1. The fraction of sp³-hybridized carbons (Fsp3) is 0.571. The predicted octanol–water partition coefficient (Wildman–Crippen LogP) is 1.32. The minimum atomic E-state index is -4.38. The van der Waals surface area contributed by atoms with Gasteiger partial charge < -0.3 is 5.73 Å². The van der Waals surface area contributed by atoms with Crippen molar-refractivity contribution >= 4 is 0 Å². The quantitative estimate of drug-likeness (QED) is 0.744. The Labute approximate surface area is 73.1 Å². The summed E-state index contributed by atoms with van der Waals surface area (Å²) in [6.45, 7) is 1.72. The van der Waals surface area contributed by atoms with Crippen LogP contribution in [0.5, 0.6) is 0 Å². The van der Waals surface area contributed by atoms with Gasteiger partial charge >= 0.3 is 6.18 Å². The standard InChI is InChI=1S/C7H10F3N3/c1-4(11)2-5-3-6(13-12-5)7(8,9)10/h3-4H,2,11H2,1H3,(H,12,13)/t4-/m1/s1. The molecule has 6 heteroatoms. The molecule has 13 heavy (non-hydrogen) atoms. The van der Waals surface area contributed by atoms with Crippen LogP contribution in [0.2, 0.25) is 0 Å². The van der Waals surface area contributed by atoms with Crippen molar-refractivity contribution in [3.8, 4) is 0 Å². The summed E-state index contributed by atoms with van der Waals surface area (Å²) in [7, 11) is 0. The molecule has 0 radical (unpaired) electrons. The van der Waals surface area contributed by atoms with E-state index in [1.165, 1.54) is 0 Å². The van der Waals surface area contributed by atoms with E-state index >= 15 is 0 Å². The van der Waals surface area contributed by atoms with E-state index in [1.807, 2.05) is 0 Å². The Balaban J connectivity index is 2.75. The van der Waals surface area contributed by atoms with E-state index in [0.29, 0.717) is 12.1 Å². The molecule has 1 atom stereocenters. The van der Waals surface area contributed by atoms with Crippen LogP contribution in [0, 0.1) is 0 Å². The smallest absolute Gasteiger partial charge is 0.328 e. The molecule has 0 aromatic carbocycles. The van der Waals surface area contributed by atoms with Crippen molar-refractivity contribution < 1.29 is 13.2 Å². The Morgan fingerprint density at radius 2 is 2.23 bits per heavy atom. The summed E-state index contributed by atoms with van der Waals surface area (Å²) in [4.78, 5) is 0. The summed E-state index contributed by atoms with van der Waals surface area (Å²) in [6.07, 6.45) is -4.02. The second-order valence-corrected chi connectivity index (χ2v) is 2.96. The van der Waals surface area contributed by atoms with E-state index in [1.54, 1.807) is 6.92 Å². The Bertz CT molecular complexity index is 277. The number of hydrogen-bond acceptors (Lipinski definition) is 2. The molecule has 3 N–H and O–H groups in total. The normalized spacial score (nSPS) is 14.5. The zero-order valence-electron chi connectivity index (χ0n) is 7.02. The zero-order chi connectivity index (χ0) is 10.1. The van der Waals surface area contributed by atoms with Gasteiger partial charge in [0.25, 0.3) is 0 Å². The van der Waals surface area contributed by atoms with Crippen LogP contribution in [-0.4, -0.2) is 16.2 Å². The van der Waals surface area contributed by atoms with E-state index < -0.39 is 11.9 Å². The third-order valence-electron chi connectivity index (χ3n) is 1.46. The van der Waals surface area contributed by atoms with E-state index in [2.05, 4.69) is 10.2 Å². The van der Waals surface area contributed by atoms with Crippen LogP contribution in [0.15, 0.2) is 6.07 Å². The van der Waals surface area contributed by atoms with Crippen LogP contribution >= 0.6 is 0 Å². The fourth-order valence-electron chi connectivity index (χ4n) is 0.958. The van der Waals surface area contributed by atoms with Gasteiger partial charge in [0.1, 0.15) is 0 Å². The minimum absolute atomic E-state index is 0.179. The summed E-state index contributed by atoms with van der Waals surface area (Å²) in [6, 6.07) is 0.796. The molecule has 3 nitrogen and oxygen atoms in total. The number of halogens is 3. The van der Waals surface area contributed by atoms with Crippen molar-refractivity contribution in [2.24, 2.45) is 5.73 Å². The third-order valence-corrected chi connectivity index (χ3v) is 1.46. The second kappa shape index (κ2) is 3.37. The van der Waals surface area contributed by atoms with Gasteiger partial charge in [0.15, 0.2) is 5.69 Å². The Hall–Kier alpha value is -1.04. The average molecular weight is 193 g/mol. The minimum Gasteiger partial charge on any atom is -0.328 e. The topological polar surface area (TPSA) is 54.7 Å². The van der Waals surface area contributed by atoms with Crippen LogP contribution < -0.4 is 5.73 Å². The molecule has 74 valence electrons. The van der Waals surface area contributed by atoms with Crippen LogP contribution in [0.1, 0.15) is 18.3 Å². The highest BCUT2D eigenvalue weighted by Crippen LogP contribution is 2.27. The third kappa shape index (κ3) is 2.73. The maximum Gasteiger partial charge on any atom is 0.435 e. The lowest BCUT2D eigenvalue weighted by Crippen LogP contribution is -2.17. The van der Waals surface area contributed by atoms with Gasteiger partial charge in [-0.2, -0.15) is 18.3 Å². The molecule has 1 rings (SSSR count). The van der Waals surface area contributed by atoms with Gasteiger partial charge in [-0.1, -0.05) is 0 Å². The van der Waals surface area contributed by atoms with Crippen LogP contribution in [-0.2, 0) is 12.6 Å². The van der Waals surface area contributed by atoms with Crippen molar-refractivity contribution in [3.63, 3.8) is 0 Å². The maximum absolute atomic E-state index is 12.0. The number of nitrogens with zero attached hydrogens (tertiary/aromatic N) is 1. The average Bonchev–Trinajstić information content (AvgIpc) is 2.32. The molecule has 1 heterocycles. The molecule has 0 saturated heterocycles. The predicted molar refractivity (Wildman–Crippen MR) is 40.9 cm³/mol. The molecule has 0 aliphatic carbocycles. The lowest BCUT2D eigenvalue weighted by molar-refractivity contribution is -0.141. The lowest BCUT2D eigenvalue weighted by Gasteiger charge is -2.00. The van der Waals surface area contributed by atoms with Gasteiger partial charge in [-0.15, -0.1) is 0 Å². The van der Waals surface area contributed by atoms with Crippen molar-refractivity contribution in [3.05, 3.63) is 17.5 Å². The van der Waals surface area contributed by atoms with Gasteiger partial charge in [-0.3, -0.25) is 5.10 Å². The molecule has 1 aromatic rings. The Kier molecular flexibility index (Phi) is 2.60. The van der Waals surface area contributed by atoms with Crippen molar-refractivity contribution in [1.29, 1.82) is 0 Å². The second-order valence-electron chi connectivity index (χ2n) is 2.96. The van der Waals surface area contributed by atoms with E-state index in [-0.39, 0.29) is 6.04 Å². The molecule has 0 fully saturated rings. The molecule has 0 unspecified atom stereocenters. The largest absolute Gasteiger partial charge is 0.435 e. The van der Waals surface area contributed by atoms with Gasteiger partial charge in [-0.25, -0.2) is 0 Å². The number of nitrogens with two attached hydrogens (primary N) is 1. The summed E-state index contributed by atoms with van der Waals surface area (Å²) >= 11 is 0. The first-order chi connectivity index (χ1) is 5.89. The number of H-pyrrole nitrogens is 1. The first-order valence-corrected chi connectivity index (χ1v) is 3.76. The van der Waals surface area contributed by atoms with Gasteiger partial charge in [0, 0.05) is 18.2 Å². The first kappa shape index (κ1) is 10.0. The summed E-state index contributed by atoms with van der Waals surface area (Å²) in [5.74, 6) is 0. The number of rotatable bonds is 2. The maximum atomic E-state index is 12.0. The molecule has 0 aliphatic rings. The molecule has 0 spiro atoms. The fourth-order valence-corrected chi connectivity index (χ4v) is 0.958. The highest BCUT2D eigenvalue weighted by atomic mass is 19.4. The van der Waals surface area contributed by atoms with Crippen LogP contribution in [0.3, 0.4) is 0 Å². The molecular formula is C7H10F3N3. The monoisotopic (exact) mass is 193 g/mol. The molecular weight excluding hydrogens is 183 g/mol. The highest BCUT2D eigenvalue weighted by Gasteiger charge is 2.33. The molecule has 0 amide bonds. The van der Waals surface area contributed by atoms with Gasteiger partial charge in [0.05, 0.1) is 0 Å². The van der Waals surface area contributed by atoms with Gasteiger partial charge in [0.2, 0.25) is 0 Å². The summed E-state index contributed by atoms with van der Waals surface area (Å²) < 4.78 is 36.1. The van der Waals surface area contributed by atoms with Crippen LogP contribution in [0.4, 0.5) is 13.2 Å². The van der Waals surface area contributed by atoms with Crippen LogP contribution in [0.25, 0.3) is 0 Å². The van der Waals surface area contributed by atoms with Crippen molar-refractivity contribution in [1.82, 2.24) is 10.2 Å². The molecule has 0 aliphatic heterocycles. The summed E-state index contributed by atoms with van der Waals surface area (Å²) in [5.41, 5.74) is 4.92. The molecule has 0 bridgehead atoms. The Morgan fingerprint density at radius 1 is 1.62 bits per heavy atom. The number of aromatic amines is 1. The number of nitrogens with one attached hydrogen (secondary N) is 1. The molecule has 0 saturated carbocycles. The summed E-state index contributed by atoms with van der Waals surface area (Å²) in [5, 5.41) is 5.43. The number of hydrogen-bond donors (Lipinski definition) is 2. The number of alkyl halides is 3. The number of aromatic nitrogens is 2. The highest BCUT2D eigenvalue weighted by molar-refractivity contribution is 5.12. The van der Waals surface area contributed by atoms with E-state index in [9.17, 15) is 13.2 Å². The lowest BCUT2D eigenvalue weighted by atomic mass is 10.2. The Morgan fingerprint density at radius 3 is 2.62 bits per heavy atom. The van der Waals surface area contributed by atoms with Crippen molar-refractivity contribution in [2.75, 3.05) is 0 Å². The zero-order valence-corrected chi connectivity index (χ0v) is 7.02. The molecule has 1 aromatic heterocycles. The van der Waals surface area contributed by atoms with E-state index in [4.69, 9.17) is 5.73 Å². The first-order valence-electron chi connectivity index (χ1n) is 3.76.